The molecule has 78 valence electrons. The van der Waals surface area contributed by atoms with Gasteiger partial charge in [-0.1, -0.05) is 19.0 Å². The van der Waals surface area contributed by atoms with Crippen LogP contribution in [0.3, 0.4) is 0 Å². The minimum absolute atomic E-state index is 0.0975. The van der Waals surface area contributed by atoms with Crippen LogP contribution in [0.25, 0.3) is 0 Å². The SMILES string of the molecule is CC(C)Cc1cnoc1CCC(=O)O. The Morgan fingerprint density at radius 1 is 1.64 bits per heavy atom. The molecule has 0 fully saturated rings. The third kappa shape index (κ3) is 3.20. The second kappa shape index (κ2) is 4.79. The van der Waals surface area contributed by atoms with Crippen molar-refractivity contribution >= 4 is 5.97 Å². The maximum absolute atomic E-state index is 10.4. The molecule has 0 bridgehead atoms. The predicted molar refractivity (Wildman–Crippen MR) is 51.0 cm³/mol. The molecule has 0 saturated carbocycles. The maximum Gasteiger partial charge on any atom is 0.303 e. The molecule has 0 amide bonds. The molecule has 0 aliphatic rings. The van der Waals surface area contributed by atoms with Crippen LogP contribution in [-0.2, 0) is 17.6 Å². The minimum Gasteiger partial charge on any atom is -0.481 e. The van der Waals surface area contributed by atoms with Gasteiger partial charge < -0.3 is 9.63 Å². The summed E-state index contributed by atoms with van der Waals surface area (Å²) in [4.78, 5) is 10.4. The summed E-state index contributed by atoms with van der Waals surface area (Å²) >= 11 is 0. The zero-order valence-electron chi connectivity index (χ0n) is 8.49. The number of nitrogens with zero attached hydrogens (tertiary/aromatic N) is 1. The Balaban J connectivity index is 2.58. The van der Waals surface area contributed by atoms with Crippen LogP contribution in [-0.4, -0.2) is 16.2 Å². The maximum atomic E-state index is 10.4. The van der Waals surface area contributed by atoms with Crippen molar-refractivity contribution in [1.82, 2.24) is 5.16 Å². The molecule has 1 aromatic heterocycles. The van der Waals surface area contributed by atoms with Crippen LogP contribution in [0.5, 0.6) is 0 Å². The number of carboxylic acids is 1. The Kier molecular flexibility index (Phi) is 3.68. The Labute approximate surface area is 82.9 Å². The summed E-state index contributed by atoms with van der Waals surface area (Å²) in [5, 5.41) is 12.2. The average Bonchev–Trinajstić information content (AvgIpc) is 2.47. The molecule has 0 spiro atoms. The first-order valence-corrected chi connectivity index (χ1v) is 4.73. The molecular formula is C10H15NO3. The number of rotatable bonds is 5. The molecule has 0 unspecified atom stereocenters. The summed E-state index contributed by atoms with van der Waals surface area (Å²) in [6, 6.07) is 0. The van der Waals surface area contributed by atoms with Crippen molar-refractivity contribution in [3.63, 3.8) is 0 Å². The summed E-state index contributed by atoms with van der Waals surface area (Å²) in [5.41, 5.74) is 1.03. The minimum atomic E-state index is -0.808. The van der Waals surface area contributed by atoms with Gasteiger partial charge in [-0.15, -0.1) is 0 Å². The molecule has 0 aliphatic carbocycles. The zero-order chi connectivity index (χ0) is 10.6. The van der Waals surface area contributed by atoms with Gasteiger partial charge in [-0.2, -0.15) is 0 Å². The van der Waals surface area contributed by atoms with Gasteiger partial charge in [0.15, 0.2) is 0 Å². The topological polar surface area (TPSA) is 63.3 Å². The van der Waals surface area contributed by atoms with Crippen molar-refractivity contribution in [3.8, 4) is 0 Å². The molecule has 0 radical (unpaired) electrons. The molecule has 4 nitrogen and oxygen atoms in total. The molecule has 4 heteroatoms. The van der Waals surface area contributed by atoms with E-state index in [9.17, 15) is 4.79 Å². The number of aromatic nitrogens is 1. The van der Waals surface area contributed by atoms with Crippen molar-refractivity contribution in [2.75, 3.05) is 0 Å². The van der Waals surface area contributed by atoms with Crippen molar-refractivity contribution in [2.45, 2.75) is 33.1 Å². The lowest BCUT2D eigenvalue weighted by Crippen LogP contribution is -2.00. The highest BCUT2D eigenvalue weighted by molar-refractivity contribution is 5.66. The van der Waals surface area contributed by atoms with E-state index in [4.69, 9.17) is 9.63 Å². The number of carbonyl (C=O) groups is 1. The molecule has 0 aromatic carbocycles. The number of carboxylic acid groups (broad SMARTS) is 1. The van der Waals surface area contributed by atoms with Crippen LogP contribution in [0.15, 0.2) is 10.7 Å². The molecule has 14 heavy (non-hydrogen) atoms. The molecule has 0 saturated heterocycles. The largest absolute Gasteiger partial charge is 0.481 e. The Bertz CT molecular complexity index is 304. The van der Waals surface area contributed by atoms with Gasteiger partial charge in [-0.25, -0.2) is 0 Å². The fraction of sp³-hybridized carbons (Fsp3) is 0.600. The lowest BCUT2D eigenvalue weighted by molar-refractivity contribution is -0.137. The standard InChI is InChI=1S/C10H15NO3/c1-7(2)5-8-6-11-14-9(8)3-4-10(12)13/h6-7H,3-5H2,1-2H3,(H,12,13). The van der Waals surface area contributed by atoms with Gasteiger partial charge in [0.25, 0.3) is 0 Å². The molecule has 1 rings (SSSR count). The Hall–Kier alpha value is -1.32. The van der Waals surface area contributed by atoms with Gasteiger partial charge in [0, 0.05) is 12.0 Å². The van der Waals surface area contributed by atoms with E-state index in [-0.39, 0.29) is 6.42 Å². The fourth-order valence-electron chi connectivity index (χ4n) is 1.32. The van der Waals surface area contributed by atoms with Crippen molar-refractivity contribution in [2.24, 2.45) is 5.92 Å². The fourth-order valence-corrected chi connectivity index (χ4v) is 1.32. The monoisotopic (exact) mass is 197 g/mol. The van der Waals surface area contributed by atoms with E-state index in [2.05, 4.69) is 19.0 Å². The summed E-state index contributed by atoms with van der Waals surface area (Å²) in [7, 11) is 0. The van der Waals surface area contributed by atoms with Crippen LogP contribution in [0, 0.1) is 5.92 Å². The van der Waals surface area contributed by atoms with E-state index in [1.165, 1.54) is 0 Å². The number of aryl methyl sites for hydroxylation is 1. The highest BCUT2D eigenvalue weighted by atomic mass is 16.5. The summed E-state index contributed by atoms with van der Waals surface area (Å²) < 4.78 is 5.00. The van der Waals surface area contributed by atoms with Gasteiger partial charge in [0.1, 0.15) is 5.76 Å². The van der Waals surface area contributed by atoms with Gasteiger partial charge in [-0.05, 0) is 12.3 Å². The first kappa shape index (κ1) is 10.8. The molecule has 0 aliphatic heterocycles. The molecular weight excluding hydrogens is 182 g/mol. The smallest absolute Gasteiger partial charge is 0.303 e. The van der Waals surface area contributed by atoms with Crippen LogP contribution < -0.4 is 0 Å². The van der Waals surface area contributed by atoms with E-state index < -0.39 is 5.97 Å². The average molecular weight is 197 g/mol. The second-order valence-electron chi connectivity index (χ2n) is 3.77. The van der Waals surface area contributed by atoms with Gasteiger partial charge in [0.05, 0.1) is 12.6 Å². The quantitative estimate of drug-likeness (QED) is 0.782. The van der Waals surface area contributed by atoms with Crippen LogP contribution in [0.1, 0.15) is 31.6 Å². The van der Waals surface area contributed by atoms with Gasteiger partial charge >= 0.3 is 5.97 Å². The van der Waals surface area contributed by atoms with E-state index in [1.54, 1.807) is 6.20 Å². The summed E-state index contributed by atoms with van der Waals surface area (Å²) in [6.07, 6.45) is 3.09. The molecule has 0 atom stereocenters. The highest BCUT2D eigenvalue weighted by Crippen LogP contribution is 2.14. The predicted octanol–water partition coefficient (Wildman–Crippen LogP) is 1.89. The number of aliphatic carboxylic acids is 1. The van der Waals surface area contributed by atoms with Crippen LogP contribution >= 0.6 is 0 Å². The van der Waals surface area contributed by atoms with Crippen molar-refractivity contribution in [3.05, 3.63) is 17.5 Å². The normalized spacial score (nSPS) is 10.8. The summed E-state index contributed by atoms with van der Waals surface area (Å²) in [5.74, 6) is 0.427. The zero-order valence-corrected chi connectivity index (χ0v) is 8.49. The van der Waals surface area contributed by atoms with Crippen LogP contribution in [0.2, 0.25) is 0 Å². The van der Waals surface area contributed by atoms with Crippen molar-refractivity contribution < 1.29 is 14.4 Å². The molecule has 1 N–H and O–H groups in total. The van der Waals surface area contributed by atoms with Crippen molar-refractivity contribution in [1.29, 1.82) is 0 Å². The third-order valence-corrected chi connectivity index (χ3v) is 1.92. The number of hydrogen-bond donors (Lipinski definition) is 1. The Morgan fingerprint density at radius 2 is 2.36 bits per heavy atom. The lowest BCUT2D eigenvalue weighted by atomic mass is 10.0. The highest BCUT2D eigenvalue weighted by Gasteiger charge is 2.10. The first-order valence-electron chi connectivity index (χ1n) is 4.73. The third-order valence-electron chi connectivity index (χ3n) is 1.92. The molecule has 1 heterocycles. The van der Waals surface area contributed by atoms with E-state index in [1.807, 2.05) is 0 Å². The number of hydrogen-bond acceptors (Lipinski definition) is 3. The van der Waals surface area contributed by atoms with E-state index >= 15 is 0 Å². The second-order valence-corrected chi connectivity index (χ2v) is 3.77. The van der Waals surface area contributed by atoms with Gasteiger partial charge in [0.2, 0.25) is 0 Å². The Morgan fingerprint density at radius 3 is 2.93 bits per heavy atom. The van der Waals surface area contributed by atoms with Gasteiger partial charge in [-0.3, -0.25) is 4.79 Å². The molecule has 1 aromatic rings. The van der Waals surface area contributed by atoms with E-state index in [0.717, 1.165) is 12.0 Å². The summed E-state index contributed by atoms with van der Waals surface area (Å²) in [6.45, 7) is 4.21. The first-order chi connectivity index (χ1) is 6.59. The lowest BCUT2D eigenvalue weighted by Gasteiger charge is -2.02. The van der Waals surface area contributed by atoms with Crippen LogP contribution in [0.4, 0.5) is 0 Å². The van der Waals surface area contributed by atoms with E-state index in [0.29, 0.717) is 18.1 Å².